The zero-order valence-corrected chi connectivity index (χ0v) is 15.2. The fourth-order valence-electron chi connectivity index (χ4n) is 3.77. The van der Waals surface area contributed by atoms with Crippen LogP contribution in [0.4, 0.5) is 0 Å². The molecule has 0 fully saturated rings. The molecule has 0 aromatic heterocycles. The standard InChI is InChI=1S/C19H33BN2O2/c1-3-22-15-17-9-5-4-8-16(17)14-18(22)10-12-19(2,21)11-6-7-13-20(23)24/h4-5,8-9,18,23-24H,3,6-7,10-15,21H2,1-2H3. The van der Waals surface area contributed by atoms with Gasteiger partial charge in [0.1, 0.15) is 0 Å². The van der Waals surface area contributed by atoms with Crippen molar-refractivity contribution in [3.8, 4) is 0 Å². The van der Waals surface area contributed by atoms with Crippen LogP contribution in [0.2, 0.25) is 6.32 Å². The van der Waals surface area contributed by atoms with Gasteiger partial charge in [0.25, 0.3) is 0 Å². The van der Waals surface area contributed by atoms with Crippen molar-refractivity contribution in [2.75, 3.05) is 6.54 Å². The van der Waals surface area contributed by atoms with E-state index >= 15 is 0 Å². The van der Waals surface area contributed by atoms with Crippen molar-refractivity contribution in [3.63, 3.8) is 0 Å². The van der Waals surface area contributed by atoms with E-state index in [4.69, 9.17) is 15.8 Å². The van der Waals surface area contributed by atoms with Crippen LogP contribution >= 0.6 is 0 Å². The van der Waals surface area contributed by atoms with Gasteiger partial charge in [-0.05, 0) is 56.6 Å². The highest BCUT2D eigenvalue weighted by Crippen LogP contribution is 2.28. The van der Waals surface area contributed by atoms with Gasteiger partial charge in [-0.25, -0.2) is 0 Å². The quantitative estimate of drug-likeness (QED) is 0.480. The van der Waals surface area contributed by atoms with E-state index in [-0.39, 0.29) is 5.54 Å². The number of hydrogen-bond acceptors (Lipinski definition) is 4. The molecule has 0 saturated carbocycles. The van der Waals surface area contributed by atoms with Crippen LogP contribution in [0, 0.1) is 0 Å². The molecule has 2 atom stereocenters. The fourth-order valence-corrected chi connectivity index (χ4v) is 3.77. The van der Waals surface area contributed by atoms with E-state index in [2.05, 4.69) is 43.0 Å². The summed E-state index contributed by atoms with van der Waals surface area (Å²) in [6, 6.07) is 9.36. The highest BCUT2D eigenvalue weighted by atomic mass is 16.4. The zero-order chi connectivity index (χ0) is 17.6. The Morgan fingerprint density at radius 2 is 1.92 bits per heavy atom. The van der Waals surface area contributed by atoms with Crippen LogP contribution in [0.5, 0.6) is 0 Å². The molecular formula is C19H33BN2O2. The summed E-state index contributed by atoms with van der Waals surface area (Å²) < 4.78 is 0. The van der Waals surface area contributed by atoms with E-state index in [0.29, 0.717) is 12.4 Å². The third kappa shape index (κ3) is 5.89. The van der Waals surface area contributed by atoms with Crippen molar-refractivity contribution in [2.24, 2.45) is 5.73 Å². The molecule has 0 spiro atoms. The lowest BCUT2D eigenvalue weighted by Crippen LogP contribution is -2.43. The van der Waals surface area contributed by atoms with Crippen LogP contribution in [0.25, 0.3) is 0 Å². The second kappa shape index (κ2) is 9.00. The first-order chi connectivity index (χ1) is 11.4. The summed E-state index contributed by atoms with van der Waals surface area (Å²) >= 11 is 0. The second-order valence-electron chi connectivity index (χ2n) is 7.61. The van der Waals surface area contributed by atoms with Crippen molar-refractivity contribution in [1.82, 2.24) is 4.90 Å². The Hall–Kier alpha value is -0.875. The molecule has 5 heteroatoms. The molecule has 1 heterocycles. The Morgan fingerprint density at radius 1 is 1.21 bits per heavy atom. The number of unbranched alkanes of at least 4 members (excludes halogenated alkanes) is 1. The first-order valence-electron chi connectivity index (χ1n) is 9.37. The second-order valence-corrected chi connectivity index (χ2v) is 7.61. The summed E-state index contributed by atoms with van der Waals surface area (Å²) in [5, 5.41) is 17.8. The largest absolute Gasteiger partial charge is 0.451 e. The number of likely N-dealkylation sites (N-methyl/N-ethyl adjacent to an activating group) is 1. The van der Waals surface area contributed by atoms with Crippen molar-refractivity contribution < 1.29 is 10.0 Å². The highest BCUT2D eigenvalue weighted by molar-refractivity contribution is 6.40. The number of nitrogens with two attached hydrogens (primary N) is 1. The first-order valence-corrected chi connectivity index (χ1v) is 9.37. The Kier molecular flexibility index (Phi) is 7.29. The van der Waals surface area contributed by atoms with Gasteiger partial charge >= 0.3 is 7.12 Å². The van der Waals surface area contributed by atoms with Crippen LogP contribution in [0.1, 0.15) is 57.1 Å². The smallest absolute Gasteiger partial charge is 0.427 e. The average Bonchev–Trinajstić information content (AvgIpc) is 2.56. The van der Waals surface area contributed by atoms with Crippen LogP contribution < -0.4 is 5.73 Å². The molecule has 1 aliphatic rings. The summed E-state index contributed by atoms with van der Waals surface area (Å²) in [7, 11) is -1.19. The molecule has 2 unspecified atom stereocenters. The van der Waals surface area contributed by atoms with Gasteiger partial charge in [0.2, 0.25) is 0 Å². The molecule has 0 aliphatic carbocycles. The predicted octanol–water partition coefficient (Wildman–Crippen LogP) is 2.57. The van der Waals surface area contributed by atoms with E-state index in [9.17, 15) is 0 Å². The maximum absolute atomic E-state index is 8.91. The van der Waals surface area contributed by atoms with Crippen LogP contribution in [-0.2, 0) is 13.0 Å². The van der Waals surface area contributed by atoms with Crippen LogP contribution in [0.3, 0.4) is 0 Å². The van der Waals surface area contributed by atoms with Gasteiger partial charge in [0.05, 0.1) is 0 Å². The van der Waals surface area contributed by atoms with Gasteiger partial charge < -0.3 is 15.8 Å². The number of nitrogens with zero attached hydrogens (tertiary/aromatic N) is 1. The van der Waals surface area contributed by atoms with Crippen molar-refractivity contribution in [2.45, 2.75) is 76.8 Å². The van der Waals surface area contributed by atoms with Gasteiger partial charge in [-0.3, -0.25) is 4.90 Å². The lowest BCUT2D eigenvalue weighted by Gasteiger charge is -2.38. The molecule has 1 aromatic carbocycles. The maximum atomic E-state index is 8.91. The monoisotopic (exact) mass is 332 g/mol. The third-order valence-corrected chi connectivity index (χ3v) is 5.38. The average molecular weight is 332 g/mol. The van der Waals surface area contributed by atoms with Gasteiger partial charge in [0, 0.05) is 18.1 Å². The third-order valence-electron chi connectivity index (χ3n) is 5.38. The number of fused-ring (bicyclic) bond motifs is 1. The molecule has 0 amide bonds. The minimum atomic E-state index is -1.19. The maximum Gasteiger partial charge on any atom is 0.451 e. The summed E-state index contributed by atoms with van der Waals surface area (Å²) in [5.74, 6) is 0. The van der Waals surface area contributed by atoms with Gasteiger partial charge in [-0.1, -0.05) is 44.0 Å². The number of rotatable bonds is 9. The van der Waals surface area contributed by atoms with E-state index in [0.717, 1.165) is 51.6 Å². The molecule has 0 bridgehead atoms. The summed E-state index contributed by atoms with van der Waals surface area (Å²) in [5.41, 5.74) is 9.27. The molecule has 134 valence electrons. The normalized spacial score (nSPS) is 20.5. The van der Waals surface area contributed by atoms with E-state index in [1.807, 2.05) is 0 Å². The molecule has 0 radical (unpaired) electrons. The van der Waals surface area contributed by atoms with Crippen molar-refractivity contribution in [1.29, 1.82) is 0 Å². The Morgan fingerprint density at radius 3 is 2.58 bits per heavy atom. The van der Waals surface area contributed by atoms with E-state index in [1.165, 1.54) is 11.1 Å². The van der Waals surface area contributed by atoms with Crippen molar-refractivity contribution >= 4 is 7.12 Å². The summed E-state index contributed by atoms with van der Waals surface area (Å²) in [4.78, 5) is 2.57. The molecule has 1 aliphatic heterocycles. The molecule has 24 heavy (non-hydrogen) atoms. The molecule has 4 nitrogen and oxygen atoms in total. The SMILES string of the molecule is CCN1Cc2ccccc2CC1CCC(C)(N)CCCCB(O)O. The molecule has 0 saturated heterocycles. The van der Waals surface area contributed by atoms with Gasteiger partial charge in [-0.2, -0.15) is 0 Å². The lowest BCUT2D eigenvalue weighted by atomic mass is 9.81. The number of hydrogen-bond donors (Lipinski definition) is 3. The predicted molar refractivity (Wildman–Crippen MR) is 101 cm³/mol. The minimum Gasteiger partial charge on any atom is -0.427 e. The first kappa shape index (κ1) is 19.4. The van der Waals surface area contributed by atoms with Crippen molar-refractivity contribution in [3.05, 3.63) is 35.4 Å². The summed E-state index contributed by atoms with van der Waals surface area (Å²) in [6.07, 6.45) is 6.42. The summed E-state index contributed by atoms with van der Waals surface area (Å²) in [6.45, 7) is 6.50. The van der Waals surface area contributed by atoms with E-state index in [1.54, 1.807) is 0 Å². The van der Waals surface area contributed by atoms with E-state index < -0.39 is 7.12 Å². The molecule has 1 aromatic rings. The molecule has 4 N–H and O–H groups in total. The number of benzene rings is 1. The molecule has 2 rings (SSSR count). The zero-order valence-electron chi connectivity index (χ0n) is 15.2. The lowest BCUT2D eigenvalue weighted by molar-refractivity contribution is 0.159. The minimum absolute atomic E-state index is 0.170. The topological polar surface area (TPSA) is 69.7 Å². The Labute approximate surface area is 147 Å². The highest BCUT2D eigenvalue weighted by Gasteiger charge is 2.27. The van der Waals surface area contributed by atoms with Crippen LogP contribution in [0.15, 0.2) is 24.3 Å². The fraction of sp³-hybridized carbons (Fsp3) is 0.684. The van der Waals surface area contributed by atoms with Crippen LogP contribution in [-0.4, -0.2) is 40.2 Å². The Bertz CT molecular complexity index is 508. The van der Waals surface area contributed by atoms with Gasteiger partial charge in [0.15, 0.2) is 0 Å². The van der Waals surface area contributed by atoms with Gasteiger partial charge in [-0.15, -0.1) is 0 Å². The molecular weight excluding hydrogens is 299 g/mol. The Balaban J connectivity index is 1.83.